The minimum Gasteiger partial charge on any atom is -0.480 e. The quantitative estimate of drug-likeness (QED) is 0.873. The first-order chi connectivity index (χ1) is 11.6. The minimum absolute atomic E-state index is 0.353. The molecule has 0 bridgehead atoms. The van der Waals surface area contributed by atoms with Gasteiger partial charge >= 0.3 is 5.97 Å². The molecule has 1 unspecified atom stereocenters. The first-order valence-electron chi connectivity index (χ1n) is 7.32. The summed E-state index contributed by atoms with van der Waals surface area (Å²) in [5.41, 5.74) is 0.831. The molecule has 24 heavy (non-hydrogen) atoms. The summed E-state index contributed by atoms with van der Waals surface area (Å²) >= 11 is 1.27. The van der Waals surface area contributed by atoms with Crippen LogP contribution in [0.25, 0.3) is 0 Å². The Hall–Kier alpha value is -2.73. The van der Waals surface area contributed by atoms with Crippen molar-refractivity contribution < 1.29 is 19.4 Å². The molecule has 122 valence electrons. The van der Waals surface area contributed by atoms with Gasteiger partial charge in [0.15, 0.2) is 0 Å². The summed E-state index contributed by atoms with van der Waals surface area (Å²) in [5, 5.41) is 11.1. The number of carboxylic acid groups (broad SMARTS) is 1. The molecule has 0 aromatic heterocycles. The lowest BCUT2D eigenvalue weighted by Crippen LogP contribution is -2.30. The number of carbonyl (C=O) groups excluding carboxylic acids is 1. The number of amides is 1. The Balaban J connectivity index is 1.72. The molecular weight excluding hydrogens is 326 g/mol. The molecule has 1 amide bonds. The smallest absolute Gasteiger partial charge is 0.322 e. The third-order valence-electron chi connectivity index (χ3n) is 3.41. The van der Waals surface area contributed by atoms with Crippen molar-refractivity contribution in [2.75, 3.05) is 5.75 Å². The molecule has 1 aliphatic rings. The van der Waals surface area contributed by atoms with Crippen molar-refractivity contribution in [3.05, 3.63) is 71.9 Å². The monoisotopic (exact) mass is 341 g/mol. The summed E-state index contributed by atoms with van der Waals surface area (Å²) in [6.45, 7) is 0. The number of carbonyl (C=O) groups is 2. The van der Waals surface area contributed by atoms with Crippen LogP contribution in [0.4, 0.5) is 0 Å². The molecule has 0 saturated heterocycles. The van der Waals surface area contributed by atoms with Gasteiger partial charge in [0.25, 0.3) is 5.91 Å². The highest BCUT2D eigenvalue weighted by Crippen LogP contribution is 2.26. The number of thioether (sulfide) groups is 1. The minimum atomic E-state index is -0.954. The van der Waals surface area contributed by atoms with Gasteiger partial charge in [-0.2, -0.15) is 0 Å². The molecule has 2 N–H and O–H groups in total. The van der Waals surface area contributed by atoms with Crippen molar-refractivity contribution in [3.63, 3.8) is 0 Å². The third kappa shape index (κ3) is 3.78. The van der Waals surface area contributed by atoms with E-state index in [1.807, 2.05) is 30.3 Å². The predicted molar refractivity (Wildman–Crippen MR) is 92.4 cm³/mol. The fourth-order valence-corrected chi connectivity index (χ4v) is 3.23. The van der Waals surface area contributed by atoms with E-state index in [1.165, 1.54) is 11.8 Å². The van der Waals surface area contributed by atoms with E-state index in [9.17, 15) is 9.59 Å². The van der Waals surface area contributed by atoms with E-state index in [0.717, 1.165) is 0 Å². The molecule has 0 spiro atoms. The summed E-state index contributed by atoms with van der Waals surface area (Å²) in [7, 11) is 0. The summed E-state index contributed by atoms with van der Waals surface area (Å²) in [5.74, 6) is 0.483. The molecule has 0 aliphatic carbocycles. The van der Waals surface area contributed by atoms with E-state index in [4.69, 9.17) is 9.84 Å². The molecule has 0 fully saturated rings. The average molecular weight is 341 g/mol. The maximum atomic E-state index is 12.4. The first kappa shape index (κ1) is 16.1. The van der Waals surface area contributed by atoms with Crippen molar-refractivity contribution in [1.82, 2.24) is 5.32 Å². The van der Waals surface area contributed by atoms with Crippen molar-refractivity contribution in [1.29, 1.82) is 0 Å². The molecule has 0 radical (unpaired) electrons. The van der Waals surface area contributed by atoms with Gasteiger partial charge in [-0.25, -0.2) is 0 Å². The van der Waals surface area contributed by atoms with Crippen LogP contribution >= 0.6 is 11.8 Å². The van der Waals surface area contributed by atoms with Crippen molar-refractivity contribution in [2.24, 2.45) is 0 Å². The van der Waals surface area contributed by atoms with Crippen molar-refractivity contribution in [2.45, 2.75) is 5.25 Å². The largest absolute Gasteiger partial charge is 0.480 e. The summed E-state index contributed by atoms with van der Waals surface area (Å²) in [6.07, 6.45) is 1.73. The lowest BCUT2D eigenvalue weighted by Gasteiger charge is -2.12. The fraction of sp³-hybridized carbons (Fsp3) is 0.111. The van der Waals surface area contributed by atoms with Crippen LogP contribution in [0, 0.1) is 0 Å². The lowest BCUT2D eigenvalue weighted by molar-refractivity contribution is -0.135. The number of carboxylic acids is 1. The van der Waals surface area contributed by atoms with Gasteiger partial charge in [0.05, 0.1) is 0 Å². The lowest BCUT2D eigenvalue weighted by atomic mass is 10.2. The second-order valence-corrected chi connectivity index (χ2v) is 6.25. The summed E-state index contributed by atoms with van der Waals surface area (Å²) in [4.78, 5) is 23.5. The number of hydrogen-bond acceptors (Lipinski definition) is 4. The molecule has 6 heteroatoms. The van der Waals surface area contributed by atoms with Gasteiger partial charge in [-0.1, -0.05) is 30.3 Å². The van der Waals surface area contributed by atoms with Gasteiger partial charge in [-0.3, -0.25) is 9.59 Å². The summed E-state index contributed by atoms with van der Waals surface area (Å²) < 4.78 is 5.71. The number of benzene rings is 2. The number of hydrogen-bond donors (Lipinski definition) is 2. The van der Waals surface area contributed by atoms with Crippen LogP contribution < -0.4 is 10.1 Å². The van der Waals surface area contributed by atoms with E-state index in [-0.39, 0.29) is 5.91 Å². The molecule has 1 atom stereocenters. The Morgan fingerprint density at radius 1 is 1.08 bits per heavy atom. The number of nitrogens with one attached hydrogen (secondary N) is 1. The van der Waals surface area contributed by atoms with Gasteiger partial charge in [-0.05, 0) is 30.3 Å². The second kappa shape index (κ2) is 7.23. The average Bonchev–Trinajstić information content (AvgIpc) is 3.04. The van der Waals surface area contributed by atoms with Crippen LogP contribution in [-0.2, 0) is 4.79 Å². The SMILES string of the molecule is O=C(NC1=CCSC1C(=O)O)c1cccc(Oc2ccccc2)c1. The van der Waals surface area contributed by atoms with E-state index in [1.54, 1.807) is 30.3 Å². The van der Waals surface area contributed by atoms with Crippen molar-refractivity contribution >= 4 is 23.6 Å². The zero-order valence-corrected chi connectivity index (χ0v) is 13.5. The molecule has 3 rings (SSSR count). The first-order valence-corrected chi connectivity index (χ1v) is 8.37. The summed E-state index contributed by atoms with van der Waals surface area (Å²) in [6, 6.07) is 16.0. The van der Waals surface area contributed by atoms with Crippen LogP contribution in [0.5, 0.6) is 11.5 Å². The molecule has 1 aliphatic heterocycles. The number of ether oxygens (including phenoxy) is 1. The van der Waals surface area contributed by atoms with E-state index in [0.29, 0.717) is 28.5 Å². The topological polar surface area (TPSA) is 75.6 Å². The molecule has 5 nitrogen and oxygen atoms in total. The van der Waals surface area contributed by atoms with Crippen LogP contribution in [-0.4, -0.2) is 28.0 Å². The van der Waals surface area contributed by atoms with Crippen LogP contribution in [0.2, 0.25) is 0 Å². The molecule has 1 heterocycles. The number of para-hydroxylation sites is 1. The van der Waals surface area contributed by atoms with Crippen molar-refractivity contribution in [3.8, 4) is 11.5 Å². The van der Waals surface area contributed by atoms with E-state index < -0.39 is 11.2 Å². The van der Waals surface area contributed by atoms with E-state index >= 15 is 0 Å². The highest BCUT2D eigenvalue weighted by atomic mass is 32.2. The van der Waals surface area contributed by atoms with Crippen LogP contribution in [0.1, 0.15) is 10.4 Å². The van der Waals surface area contributed by atoms with Crippen LogP contribution in [0.15, 0.2) is 66.4 Å². The van der Waals surface area contributed by atoms with E-state index in [2.05, 4.69) is 5.32 Å². The maximum Gasteiger partial charge on any atom is 0.322 e. The Morgan fingerprint density at radius 2 is 1.83 bits per heavy atom. The van der Waals surface area contributed by atoms with Gasteiger partial charge in [0.2, 0.25) is 0 Å². The standard InChI is InChI=1S/C18H15NO4S/c20-17(19-15-9-10-24-16(15)18(21)22)12-5-4-8-14(11-12)23-13-6-2-1-3-7-13/h1-9,11,16H,10H2,(H,19,20)(H,21,22). The maximum absolute atomic E-state index is 12.4. The highest BCUT2D eigenvalue weighted by Gasteiger charge is 2.28. The van der Waals surface area contributed by atoms with Gasteiger partial charge in [0.1, 0.15) is 16.7 Å². The third-order valence-corrected chi connectivity index (χ3v) is 4.55. The number of rotatable bonds is 5. The van der Waals surface area contributed by atoms with Crippen LogP contribution in [0.3, 0.4) is 0 Å². The van der Waals surface area contributed by atoms with Gasteiger partial charge < -0.3 is 15.2 Å². The molecule has 2 aromatic rings. The molecule has 0 saturated carbocycles. The Kier molecular flexibility index (Phi) is 4.86. The zero-order valence-electron chi connectivity index (χ0n) is 12.6. The molecule has 2 aromatic carbocycles. The predicted octanol–water partition coefficient (Wildman–Crippen LogP) is 3.29. The van der Waals surface area contributed by atoms with Gasteiger partial charge in [-0.15, -0.1) is 11.8 Å². The highest BCUT2D eigenvalue weighted by molar-refractivity contribution is 8.01. The Morgan fingerprint density at radius 3 is 2.58 bits per heavy atom. The van der Waals surface area contributed by atoms with Gasteiger partial charge in [0, 0.05) is 17.0 Å². The fourth-order valence-electron chi connectivity index (χ4n) is 2.28. The molecular formula is C18H15NO4S. The Bertz CT molecular complexity index is 789. The Labute approximate surface area is 143 Å². The number of aliphatic carboxylic acids is 1. The second-order valence-electron chi connectivity index (χ2n) is 5.11. The normalized spacial score (nSPS) is 16.3. The zero-order chi connectivity index (χ0) is 16.9.